The van der Waals surface area contributed by atoms with E-state index in [2.05, 4.69) is 36.7 Å². The number of carbonyl (C=O) groups is 1. The van der Waals surface area contributed by atoms with E-state index < -0.39 is 0 Å². The summed E-state index contributed by atoms with van der Waals surface area (Å²) >= 11 is 0. The molecular weight excluding hydrogens is 536 g/mol. The maximum Gasteiger partial charge on any atom is 0.306 e. The molecule has 0 aromatic heterocycles. The Balaban J connectivity index is 1.22. The van der Waals surface area contributed by atoms with Gasteiger partial charge in [0.05, 0.1) is 12.2 Å². The summed E-state index contributed by atoms with van der Waals surface area (Å²) in [5.74, 6) is 3.49. The van der Waals surface area contributed by atoms with E-state index in [1.54, 1.807) is 0 Å². The molecule has 0 heterocycles. The first-order valence-corrected chi connectivity index (χ1v) is 18.3. The van der Waals surface area contributed by atoms with Crippen molar-refractivity contribution in [3.63, 3.8) is 0 Å². The highest BCUT2D eigenvalue weighted by molar-refractivity contribution is 5.69. The highest BCUT2D eigenvalue weighted by Gasteiger charge is 2.62. The lowest BCUT2D eigenvalue weighted by atomic mass is 9.43. The van der Waals surface area contributed by atoms with E-state index in [0.29, 0.717) is 58.8 Å². The van der Waals surface area contributed by atoms with Crippen LogP contribution in [-0.4, -0.2) is 68.6 Å². The smallest absolute Gasteiger partial charge is 0.306 e. The molecule has 0 aromatic carbocycles. The van der Waals surface area contributed by atoms with Crippen molar-refractivity contribution in [2.75, 3.05) is 39.3 Å². The Morgan fingerprint density at radius 3 is 2.23 bits per heavy atom. The molecule has 4 saturated carbocycles. The first-order valence-electron chi connectivity index (χ1n) is 18.3. The number of esters is 1. The molecule has 0 aromatic rings. The van der Waals surface area contributed by atoms with Crippen molar-refractivity contribution in [3.8, 4) is 0 Å². The number of aliphatic hydroxyl groups excluding tert-OH is 1. The number of ether oxygens (including phenoxy) is 1. The summed E-state index contributed by atoms with van der Waals surface area (Å²) in [4.78, 5) is 12.2. The highest BCUT2D eigenvalue weighted by Crippen LogP contribution is 2.68. The van der Waals surface area contributed by atoms with E-state index in [1.807, 2.05) is 13.8 Å². The highest BCUT2D eigenvalue weighted by atomic mass is 16.5. The van der Waals surface area contributed by atoms with Crippen molar-refractivity contribution >= 4 is 5.97 Å². The zero-order valence-electron chi connectivity index (χ0n) is 28.5. The molecule has 10 atom stereocenters. The maximum atomic E-state index is 12.2. The maximum absolute atomic E-state index is 12.2. The molecule has 7 heteroatoms. The van der Waals surface area contributed by atoms with Crippen LogP contribution in [0.4, 0.5) is 0 Å². The van der Waals surface area contributed by atoms with Gasteiger partial charge in [-0.3, -0.25) is 4.79 Å². The molecular formula is C36H68N4O3. The predicted octanol–water partition coefficient (Wildman–Crippen LogP) is 5.25. The van der Waals surface area contributed by atoms with E-state index in [0.717, 1.165) is 58.5 Å². The van der Waals surface area contributed by atoms with Crippen LogP contribution in [0, 0.1) is 46.3 Å². The molecule has 0 saturated heterocycles. The molecule has 0 radical (unpaired) electrons. The fraction of sp³-hybridized carbons (Fsp3) is 0.972. The van der Waals surface area contributed by atoms with E-state index in [4.69, 9.17) is 10.5 Å². The molecule has 4 fully saturated rings. The van der Waals surface area contributed by atoms with Gasteiger partial charge in [0.1, 0.15) is 0 Å². The molecule has 7 nitrogen and oxygen atoms in total. The first kappa shape index (κ1) is 35.1. The number of fused-ring (bicyclic) bond motifs is 5. The van der Waals surface area contributed by atoms with Gasteiger partial charge >= 0.3 is 5.97 Å². The van der Waals surface area contributed by atoms with E-state index in [-0.39, 0.29) is 18.2 Å². The molecule has 0 amide bonds. The van der Waals surface area contributed by atoms with E-state index >= 15 is 0 Å². The molecule has 4 aliphatic carbocycles. The number of rotatable bonds is 17. The fourth-order valence-electron chi connectivity index (χ4n) is 10.6. The Morgan fingerprint density at radius 1 is 0.884 bits per heavy atom. The summed E-state index contributed by atoms with van der Waals surface area (Å²) in [6, 6.07) is 0.599. The average Bonchev–Trinajstić information content (AvgIpc) is 3.32. The topological polar surface area (TPSA) is 109 Å². The lowest BCUT2D eigenvalue weighted by molar-refractivity contribution is -0.167. The number of nitrogens with one attached hydrogen (secondary N) is 3. The molecule has 0 aliphatic heterocycles. The summed E-state index contributed by atoms with van der Waals surface area (Å²) in [6.07, 6.45) is 14.5. The minimum atomic E-state index is -0.157. The van der Waals surface area contributed by atoms with Crippen molar-refractivity contribution in [2.24, 2.45) is 52.1 Å². The summed E-state index contributed by atoms with van der Waals surface area (Å²) in [7, 11) is 0. The number of carbonyl (C=O) groups excluding carboxylic acids is 1. The van der Waals surface area contributed by atoms with Crippen LogP contribution >= 0.6 is 0 Å². The predicted molar refractivity (Wildman–Crippen MR) is 177 cm³/mol. The molecule has 0 spiro atoms. The average molecular weight is 605 g/mol. The van der Waals surface area contributed by atoms with Gasteiger partial charge in [0, 0.05) is 12.5 Å². The fourth-order valence-corrected chi connectivity index (χ4v) is 10.6. The Kier molecular flexibility index (Phi) is 13.2. The molecule has 4 aliphatic rings. The third kappa shape index (κ3) is 8.55. The third-order valence-corrected chi connectivity index (χ3v) is 12.8. The lowest BCUT2D eigenvalue weighted by Crippen LogP contribution is -2.59. The lowest BCUT2D eigenvalue weighted by Gasteiger charge is -2.62. The Labute approximate surface area is 264 Å². The van der Waals surface area contributed by atoms with E-state index in [1.165, 1.54) is 57.8 Å². The minimum absolute atomic E-state index is 0.0347. The number of hydrogen-bond donors (Lipinski definition) is 5. The van der Waals surface area contributed by atoms with Crippen molar-refractivity contribution in [1.82, 2.24) is 16.0 Å². The largest absolute Gasteiger partial charge is 0.463 e. The zero-order valence-corrected chi connectivity index (χ0v) is 28.5. The van der Waals surface area contributed by atoms with Crippen LogP contribution in [0.25, 0.3) is 0 Å². The number of hydrogen-bond acceptors (Lipinski definition) is 7. The van der Waals surface area contributed by atoms with Crippen molar-refractivity contribution in [2.45, 2.75) is 136 Å². The SMILES string of the molecule is CC(C)OC(=O)CC[C@@H](C)C1CCC2C3C(CC[C@@]21C)[C@@]1(C)CC[C@H](NCCCNCCCNCCCN)CC1C[C@@H]3O. The second kappa shape index (κ2) is 16.2. The molecule has 6 N–H and O–H groups in total. The van der Waals surface area contributed by atoms with Crippen molar-refractivity contribution in [3.05, 3.63) is 0 Å². The third-order valence-electron chi connectivity index (χ3n) is 12.8. The molecule has 43 heavy (non-hydrogen) atoms. The first-order chi connectivity index (χ1) is 20.6. The Bertz CT molecular complexity index is 856. The van der Waals surface area contributed by atoms with Gasteiger partial charge in [-0.1, -0.05) is 20.8 Å². The van der Waals surface area contributed by atoms with Crippen LogP contribution < -0.4 is 21.7 Å². The van der Waals surface area contributed by atoms with Gasteiger partial charge in [-0.25, -0.2) is 0 Å². The van der Waals surface area contributed by atoms with Crippen LogP contribution in [0.1, 0.15) is 118 Å². The summed E-state index contributed by atoms with van der Waals surface area (Å²) < 4.78 is 5.42. The van der Waals surface area contributed by atoms with Gasteiger partial charge in [-0.05, 0) is 177 Å². The van der Waals surface area contributed by atoms with Gasteiger partial charge in [0.2, 0.25) is 0 Å². The van der Waals surface area contributed by atoms with Crippen LogP contribution in [-0.2, 0) is 9.53 Å². The monoisotopic (exact) mass is 605 g/mol. The molecule has 250 valence electrons. The Morgan fingerprint density at radius 2 is 1.53 bits per heavy atom. The van der Waals surface area contributed by atoms with Crippen LogP contribution in [0.15, 0.2) is 0 Å². The number of nitrogens with two attached hydrogens (primary N) is 1. The van der Waals surface area contributed by atoms with Crippen LogP contribution in [0.3, 0.4) is 0 Å². The summed E-state index contributed by atoms with van der Waals surface area (Å²) in [5.41, 5.74) is 6.20. The van der Waals surface area contributed by atoms with Gasteiger partial charge < -0.3 is 31.5 Å². The van der Waals surface area contributed by atoms with Crippen LogP contribution in [0.5, 0.6) is 0 Å². The number of aliphatic hydroxyl groups is 1. The normalized spacial score (nSPS) is 37.9. The van der Waals surface area contributed by atoms with Gasteiger partial charge in [-0.15, -0.1) is 0 Å². The van der Waals surface area contributed by atoms with Gasteiger partial charge in [0.15, 0.2) is 0 Å². The standard InChI is InChI=1S/C36H68N4O3/c1-25(2)43-33(42)12-9-26(3)29-10-11-30-34-31(14-16-36(29,30)5)35(4)15-13-28(23-27(35)24-32(34)41)40-22-8-21-39-20-7-19-38-18-6-17-37/h25-32,34,38-41H,6-24,37H2,1-5H3/t26-,27?,28+,29?,30?,31?,32+,34?,35+,36-/m1/s1. The molecule has 5 unspecified atom stereocenters. The second-order valence-corrected chi connectivity index (χ2v) is 15.9. The minimum Gasteiger partial charge on any atom is -0.463 e. The zero-order chi connectivity index (χ0) is 31.0. The Hall–Kier alpha value is -0.730. The summed E-state index contributed by atoms with van der Waals surface area (Å²) in [6.45, 7) is 17.5. The van der Waals surface area contributed by atoms with Gasteiger partial charge in [-0.2, -0.15) is 0 Å². The van der Waals surface area contributed by atoms with E-state index in [9.17, 15) is 9.90 Å². The van der Waals surface area contributed by atoms with Crippen LogP contribution in [0.2, 0.25) is 0 Å². The second-order valence-electron chi connectivity index (χ2n) is 15.9. The van der Waals surface area contributed by atoms with Gasteiger partial charge in [0.25, 0.3) is 0 Å². The summed E-state index contributed by atoms with van der Waals surface area (Å²) in [5, 5.41) is 22.7. The quantitative estimate of drug-likeness (QED) is 0.114. The van der Waals surface area contributed by atoms with Crippen molar-refractivity contribution in [1.29, 1.82) is 0 Å². The molecule has 0 bridgehead atoms. The molecule has 4 rings (SSSR count). The van der Waals surface area contributed by atoms with Crippen molar-refractivity contribution < 1.29 is 14.6 Å².